The zero-order valence-electron chi connectivity index (χ0n) is 13.7. The summed E-state index contributed by atoms with van der Waals surface area (Å²) >= 11 is 0. The van der Waals surface area contributed by atoms with Crippen molar-refractivity contribution >= 4 is 11.9 Å². The topological polar surface area (TPSA) is 64.6 Å². The second kappa shape index (κ2) is 7.92. The van der Waals surface area contributed by atoms with E-state index in [1.54, 1.807) is 6.08 Å². The van der Waals surface area contributed by atoms with Gasteiger partial charge in [0.1, 0.15) is 12.1 Å². The van der Waals surface area contributed by atoms with Crippen molar-refractivity contribution < 1.29 is 19.1 Å². The van der Waals surface area contributed by atoms with Crippen LogP contribution in [0.5, 0.6) is 0 Å². The molecule has 23 heavy (non-hydrogen) atoms. The molecule has 5 heteroatoms. The van der Waals surface area contributed by atoms with Crippen LogP contribution >= 0.6 is 0 Å². The second-order valence-corrected chi connectivity index (χ2v) is 5.85. The van der Waals surface area contributed by atoms with Gasteiger partial charge in [0.2, 0.25) is 5.91 Å². The van der Waals surface area contributed by atoms with Gasteiger partial charge in [-0.1, -0.05) is 38.1 Å². The van der Waals surface area contributed by atoms with Crippen LogP contribution in [-0.4, -0.2) is 31.6 Å². The minimum atomic E-state index is -0.656. The smallest absolute Gasteiger partial charge is 0.328 e. The Bertz CT molecular complexity index is 594. The van der Waals surface area contributed by atoms with Gasteiger partial charge in [-0.3, -0.25) is 4.79 Å². The minimum absolute atomic E-state index is 0.0496. The number of carbonyl (C=O) groups is 2. The van der Waals surface area contributed by atoms with Crippen molar-refractivity contribution in [1.82, 2.24) is 5.32 Å². The Morgan fingerprint density at radius 1 is 1.35 bits per heavy atom. The Morgan fingerprint density at radius 2 is 2.09 bits per heavy atom. The van der Waals surface area contributed by atoms with Crippen LogP contribution in [0.4, 0.5) is 0 Å². The van der Waals surface area contributed by atoms with E-state index in [1.807, 2.05) is 32.0 Å². The van der Waals surface area contributed by atoms with Gasteiger partial charge < -0.3 is 14.8 Å². The number of hydrogen-bond acceptors (Lipinski definition) is 4. The van der Waals surface area contributed by atoms with E-state index in [-0.39, 0.29) is 17.9 Å². The third-order valence-electron chi connectivity index (χ3n) is 3.87. The second-order valence-electron chi connectivity index (χ2n) is 5.85. The molecule has 0 radical (unpaired) electrons. The lowest BCUT2D eigenvalue weighted by Gasteiger charge is -2.23. The zero-order chi connectivity index (χ0) is 16.8. The third kappa shape index (κ3) is 4.42. The van der Waals surface area contributed by atoms with Crippen molar-refractivity contribution in [2.45, 2.75) is 32.4 Å². The lowest BCUT2D eigenvalue weighted by atomic mass is 9.97. The summed E-state index contributed by atoms with van der Waals surface area (Å²) < 4.78 is 10.4. The van der Waals surface area contributed by atoms with Crippen LogP contribution in [0.2, 0.25) is 0 Å². The van der Waals surface area contributed by atoms with Gasteiger partial charge in [-0.25, -0.2) is 4.79 Å². The van der Waals surface area contributed by atoms with Gasteiger partial charge in [0.15, 0.2) is 0 Å². The first-order valence-electron chi connectivity index (χ1n) is 7.79. The molecule has 1 aromatic rings. The number of amides is 1. The molecule has 1 N–H and O–H groups in total. The highest BCUT2D eigenvalue weighted by Crippen LogP contribution is 2.27. The van der Waals surface area contributed by atoms with E-state index in [0.717, 1.165) is 12.0 Å². The molecule has 1 unspecified atom stereocenters. The highest BCUT2D eigenvalue weighted by Gasteiger charge is 2.24. The molecule has 1 aliphatic rings. The van der Waals surface area contributed by atoms with Crippen molar-refractivity contribution in [3.63, 3.8) is 0 Å². The summed E-state index contributed by atoms with van der Waals surface area (Å²) in [7, 11) is 1.31. The number of ether oxygens (including phenoxy) is 2. The maximum Gasteiger partial charge on any atom is 0.328 e. The Kier molecular flexibility index (Phi) is 5.93. The van der Waals surface area contributed by atoms with Gasteiger partial charge in [-0.05, 0) is 29.5 Å². The highest BCUT2D eigenvalue weighted by molar-refractivity contribution is 5.91. The molecule has 0 aromatic heterocycles. The molecule has 0 fully saturated rings. The maximum atomic E-state index is 12.1. The summed E-state index contributed by atoms with van der Waals surface area (Å²) in [5, 5.41) is 2.67. The van der Waals surface area contributed by atoms with E-state index in [2.05, 4.69) is 11.4 Å². The fourth-order valence-electron chi connectivity index (χ4n) is 2.59. The largest absolute Gasteiger partial charge is 0.467 e. The number of hydrogen-bond donors (Lipinski definition) is 1. The van der Waals surface area contributed by atoms with Crippen LogP contribution in [0.25, 0.3) is 0 Å². The Hall–Kier alpha value is -2.14. The molecular formula is C18H23NO4. The molecule has 1 aromatic carbocycles. The number of esters is 1. The molecule has 1 heterocycles. The van der Waals surface area contributed by atoms with E-state index in [1.165, 1.54) is 18.7 Å². The van der Waals surface area contributed by atoms with E-state index in [4.69, 9.17) is 9.47 Å². The Balaban J connectivity index is 2.03. The fourth-order valence-corrected chi connectivity index (χ4v) is 2.59. The summed E-state index contributed by atoms with van der Waals surface area (Å²) in [5.41, 5.74) is 2.32. The first kappa shape index (κ1) is 17.2. The first-order valence-corrected chi connectivity index (χ1v) is 7.79. The SMILES string of the molecule is COC(=O)C(NC(=O)/C=C/[C@@H]1OCCc2ccccc21)C(C)C. The normalized spacial score (nSPS) is 18.5. The number of carbonyl (C=O) groups excluding carboxylic acids is 2. The van der Waals surface area contributed by atoms with Gasteiger partial charge in [0.05, 0.1) is 13.7 Å². The summed E-state index contributed by atoms with van der Waals surface area (Å²) in [5.74, 6) is -0.826. The van der Waals surface area contributed by atoms with Crippen molar-refractivity contribution in [2.24, 2.45) is 5.92 Å². The summed E-state index contributed by atoms with van der Waals surface area (Å²) in [4.78, 5) is 23.7. The summed E-state index contributed by atoms with van der Waals surface area (Å²) in [6.45, 7) is 4.34. The van der Waals surface area contributed by atoms with Gasteiger partial charge in [0.25, 0.3) is 0 Å². The van der Waals surface area contributed by atoms with Crippen molar-refractivity contribution in [3.8, 4) is 0 Å². The standard InChI is InChI=1S/C18H23NO4/c1-12(2)17(18(21)22-3)19-16(20)9-8-15-14-7-5-4-6-13(14)10-11-23-15/h4-9,12,15,17H,10-11H2,1-3H3,(H,19,20)/b9-8+/t15-,17?/m0/s1. The lowest BCUT2D eigenvalue weighted by molar-refractivity contribution is -0.145. The summed E-state index contributed by atoms with van der Waals surface area (Å²) in [6.07, 6.45) is 3.79. The van der Waals surface area contributed by atoms with E-state index in [0.29, 0.717) is 6.61 Å². The number of rotatable bonds is 5. The minimum Gasteiger partial charge on any atom is -0.467 e. The number of methoxy groups -OCH3 is 1. The molecule has 0 spiro atoms. The van der Waals surface area contributed by atoms with Crippen LogP contribution in [-0.2, 0) is 25.5 Å². The predicted molar refractivity (Wildman–Crippen MR) is 86.8 cm³/mol. The third-order valence-corrected chi connectivity index (χ3v) is 3.87. The molecule has 124 valence electrons. The maximum absolute atomic E-state index is 12.1. The molecule has 0 saturated carbocycles. The Labute approximate surface area is 136 Å². The van der Waals surface area contributed by atoms with Gasteiger partial charge in [-0.15, -0.1) is 0 Å². The van der Waals surface area contributed by atoms with Gasteiger partial charge >= 0.3 is 5.97 Å². The number of fused-ring (bicyclic) bond motifs is 1. The van der Waals surface area contributed by atoms with Gasteiger partial charge in [-0.2, -0.15) is 0 Å². The van der Waals surface area contributed by atoms with Crippen LogP contribution in [0.1, 0.15) is 31.1 Å². The fraction of sp³-hybridized carbons (Fsp3) is 0.444. The van der Waals surface area contributed by atoms with Crippen LogP contribution in [0.15, 0.2) is 36.4 Å². The van der Waals surface area contributed by atoms with Crippen molar-refractivity contribution in [3.05, 3.63) is 47.5 Å². The lowest BCUT2D eigenvalue weighted by Crippen LogP contribution is -2.44. The monoisotopic (exact) mass is 317 g/mol. The zero-order valence-corrected chi connectivity index (χ0v) is 13.7. The molecule has 0 bridgehead atoms. The van der Waals surface area contributed by atoms with Crippen LogP contribution in [0, 0.1) is 5.92 Å². The average molecular weight is 317 g/mol. The molecule has 5 nitrogen and oxygen atoms in total. The molecule has 2 atom stereocenters. The van der Waals surface area contributed by atoms with Crippen LogP contribution < -0.4 is 5.32 Å². The van der Waals surface area contributed by atoms with E-state index in [9.17, 15) is 9.59 Å². The molecule has 1 amide bonds. The highest BCUT2D eigenvalue weighted by atomic mass is 16.5. The summed E-state index contributed by atoms with van der Waals surface area (Å²) in [6, 6.07) is 7.39. The molecular weight excluding hydrogens is 294 g/mol. The average Bonchev–Trinajstić information content (AvgIpc) is 2.56. The Morgan fingerprint density at radius 3 is 2.78 bits per heavy atom. The number of benzene rings is 1. The quantitative estimate of drug-likeness (QED) is 0.668. The van der Waals surface area contributed by atoms with E-state index < -0.39 is 12.0 Å². The molecule has 0 aliphatic carbocycles. The predicted octanol–water partition coefficient (Wildman–Crippen LogP) is 2.17. The number of nitrogens with one attached hydrogen (secondary N) is 1. The molecule has 2 rings (SSSR count). The van der Waals surface area contributed by atoms with Gasteiger partial charge in [0, 0.05) is 6.08 Å². The molecule has 0 saturated heterocycles. The first-order chi connectivity index (χ1) is 11.0. The van der Waals surface area contributed by atoms with E-state index >= 15 is 0 Å². The van der Waals surface area contributed by atoms with Crippen LogP contribution in [0.3, 0.4) is 0 Å². The van der Waals surface area contributed by atoms with Crippen molar-refractivity contribution in [1.29, 1.82) is 0 Å². The van der Waals surface area contributed by atoms with Crippen molar-refractivity contribution in [2.75, 3.05) is 13.7 Å². The molecule has 1 aliphatic heterocycles.